The Bertz CT molecular complexity index is 497. The Morgan fingerprint density at radius 1 is 1.33 bits per heavy atom. The van der Waals surface area contributed by atoms with Gasteiger partial charge in [-0.1, -0.05) is 6.92 Å². The third-order valence-electron chi connectivity index (χ3n) is 3.21. The second kappa shape index (κ2) is 5.82. The Kier molecular flexibility index (Phi) is 4.15. The summed E-state index contributed by atoms with van der Waals surface area (Å²) in [5.41, 5.74) is 2.49. The summed E-state index contributed by atoms with van der Waals surface area (Å²) in [7, 11) is 1.98. The highest BCUT2D eigenvalue weighted by atomic mass is 15.3. The quantitative estimate of drug-likeness (QED) is 0.836. The third-order valence-corrected chi connectivity index (χ3v) is 3.21. The van der Waals surface area contributed by atoms with Gasteiger partial charge < -0.3 is 9.88 Å². The first kappa shape index (κ1) is 12.8. The summed E-state index contributed by atoms with van der Waals surface area (Å²) in [6.45, 7) is 6.97. The van der Waals surface area contributed by atoms with Crippen molar-refractivity contribution in [2.24, 2.45) is 7.05 Å². The number of hydrogen-bond acceptors (Lipinski definition) is 3. The van der Waals surface area contributed by atoms with Gasteiger partial charge in [0.2, 0.25) is 0 Å². The monoisotopic (exact) mass is 247 g/mol. The van der Waals surface area contributed by atoms with Crippen LogP contribution in [0.4, 0.5) is 0 Å². The van der Waals surface area contributed by atoms with E-state index in [1.54, 1.807) is 0 Å². The van der Waals surface area contributed by atoms with Crippen LogP contribution in [0.5, 0.6) is 0 Å². The van der Waals surface area contributed by atoms with Gasteiger partial charge in [0, 0.05) is 44.6 Å². The fourth-order valence-corrected chi connectivity index (χ4v) is 2.09. The summed E-state index contributed by atoms with van der Waals surface area (Å²) < 4.78 is 4.20. The molecule has 0 aromatic carbocycles. The molecule has 2 rings (SSSR count). The molecule has 0 radical (unpaired) electrons. The second-order valence-corrected chi connectivity index (χ2v) is 4.42. The van der Waals surface area contributed by atoms with E-state index in [1.165, 1.54) is 11.4 Å². The van der Waals surface area contributed by atoms with Crippen LogP contribution in [0.1, 0.15) is 24.1 Å². The molecule has 2 aromatic rings. The Hall–Kier alpha value is -1.62. The largest absolute Gasteiger partial charge is 0.331 e. The highest BCUT2D eigenvalue weighted by Crippen LogP contribution is 2.07. The smallest absolute Gasteiger partial charge is 0.105 e. The van der Waals surface area contributed by atoms with Crippen LogP contribution in [-0.4, -0.2) is 25.9 Å². The Morgan fingerprint density at radius 3 is 2.83 bits per heavy atom. The van der Waals surface area contributed by atoms with Crippen LogP contribution in [0.15, 0.2) is 18.5 Å². The van der Waals surface area contributed by atoms with Crippen molar-refractivity contribution in [1.82, 2.24) is 24.6 Å². The highest BCUT2D eigenvalue weighted by molar-refractivity contribution is 5.06. The van der Waals surface area contributed by atoms with Gasteiger partial charge in [0.15, 0.2) is 0 Å². The molecular weight excluding hydrogens is 226 g/mol. The molecule has 18 heavy (non-hydrogen) atoms. The van der Waals surface area contributed by atoms with Gasteiger partial charge in [-0.15, -0.1) is 0 Å². The summed E-state index contributed by atoms with van der Waals surface area (Å²) in [5, 5.41) is 7.53. The standard InChI is InChI=1S/C13H21N5/c1-4-14-9-13-10-15-11(2)18(13)8-6-12-5-7-16-17(12)3/h5,7,10,14H,4,6,8-9H2,1-3H3. The van der Waals surface area contributed by atoms with Crippen molar-refractivity contribution >= 4 is 0 Å². The van der Waals surface area contributed by atoms with E-state index in [0.29, 0.717) is 0 Å². The first-order chi connectivity index (χ1) is 8.72. The number of aromatic nitrogens is 4. The fraction of sp³-hybridized carbons (Fsp3) is 0.538. The maximum absolute atomic E-state index is 4.39. The maximum atomic E-state index is 4.39. The number of nitrogens with one attached hydrogen (secondary N) is 1. The molecular formula is C13H21N5. The molecule has 0 saturated heterocycles. The minimum atomic E-state index is 0.878. The van der Waals surface area contributed by atoms with E-state index in [9.17, 15) is 0 Å². The topological polar surface area (TPSA) is 47.7 Å². The Balaban J connectivity index is 2.04. The SMILES string of the molecule is CCNCc1cnc(C)n1CCc1ccnn1C. The van der Waals surface area contributed by atoms with E-state index in [0.717, 1.165) is 31.9 Å². The molecule has 0 fully saturated rings. The average molecular weight is 247 g/mol. The fourth-order valence-electron chi connectivity index (χ4n) is 2.09. The van der Waals surface area contributed by atoms with Crippen LogP contribution in [0.3, 0.4) is 0 Å². The lowest BCUT2D eigenvalue weighted by Gasteiger charge is -2.10. The molecule has 5 nitrogen and oxygen atoms in total. The van der Waals surface area contributed by atoms with Gasteiger partial charge in [0.25, 0.3) is 0 Å². The molecule has 5 heteroatoms. The van der Waals surface area contributed by atoms with Gasteiger partial charge in [-0.2, -0.15) is 5.10 Å². The molecule has 0 saturated carbocycles. The van der Waals surface area contributed by atoms with Crippen molar-refractivity contribution < 1.29 is 0 Å². The maximum Gasteiger partial charge on any atom is 0.105 e. The van der Waals surface area contributed by atoms with Crippen LogP contribution in [0, 0.1) is 6.92 Å². The number of hydrogen-bond donors (Lipinski definition) is 1. The van der Waals surface area contributed by atoms with Gasteiger partial charge in [-0.3, -0.25) is 4.68 Å². The van der Waals surface area contributed by atoms with Gasteiger partial charge in [-0.05, 0) is 19.5 Å². The van der Waals surface area contributed by atoms with Crippen molar-refractivity contribution in [1.29, 1.82) is 0 Å². The van der Waals surface area contributed by atoms with E-state index >= 15 is 0 Å². The Morgan fingerprint density at radius 2 is 2.17 bits per heavy atom. The number of imidazole rings is 1. The molecule has 0 aliphatic carbocycles. The van der Waals surface area contributed by atoms with Gasteiger partial charge in [0.1, 0.15) is 5.82 Å². The molecule has 0 amide bonds. The van der Waals surface area contributed by atoms with Crippen LogP contribution in [0.25, 0.3) is 0 Å². The third kappa shape index (κ3) is 2.79. The van der Waals surface area contributed by atoms with Crippen molar-refractivity contribution in [3.8, 4) is 0 Å². The predicted octanol–water partition coefficient (Wildman–Crippen LogP) is 1.28. The van der Waals surface area contributed by atoms with Crippen LogP contribution >= 0.6 is 0 Å². The molecule has 0 aliphatic rings. The molecule has 98 valence electrons. The summed E-state index contributed by atoms with van der Waals surface area (Å²) >= 11 is 0. The first-order valence-corrected chi connectivity index (χ1v) is 6.41. The molecule has 2 aromatic heterocycles. The van der Waals surface area contributed by atoms with Crippen molar-refractivity contribution in [2.75, 3.05) is 6.54 Å². The average Bonchev–Trinajstić information content (AvgIpc) is 2.91. The van der Waals surface area contributed by atoms with Crippen LogP contribution in [-0.2, 0) is 26.6 Å². The van der Waals surface area contributed by atoms with E-state index < -0.39 is 0 Å². The van der Waals surface area contributed by atoms with E-state index in [4.69, 9.17) is 0 Å². The summed E-state index contributed by atoms with van der Waals surface area (Å²) in [6.07, 6.45) is 4.78. The predicted molar refractivity (Wildman–Crippen MR) is 71.3 cm³/mol. The molecule has 0 bridgehead atoms. The zero-order valence-electron chi connectivity index (χ0n) is 11.3. The van der Waals surface area contributed by atoms with Gasteiger partial charge >= 0.3 is 0 Å². The van der Waals surface area contributed by atoms with Gasteiger partial charge in [-0.25, -0.2) is 4.98 Å². The zero-order chi connectivity index (χ0) is 13.0. The zero-order valence-corrected chi connectivity index (χ0v) is 11.3. The molecule has 0 atom stereocenters. The lowest BCUT2D eigenvalue weighted by atomic mass is 10.3. The minimum absolute atomic E-state index is 0.878. The van der Waals surface area contributed by atoms with Crippen molar-refractivity contribution in [3.63, 3.8) is 0 Å². The normalized spacial score (nSPS) is 11.1. The minimum Gasteiger partial charge on any atom is -0.331 e. The number of rotatable bonds is 6. The highest BCUT2D eigenvalue weighted by Gasteiger charge is 2.07. The number of nitrogens with zero attached hydrogens (tertiary/aromatic N) is 4. The van der Waals surface area contributed by atoms with E-state index in [2.05, 4.69) is 39.9 Å². The number of aryl methyl sites for hydroxylation is 3. The van der Waals surface area contributed by atoms with E-state index in [1.807, 2.05) is 24.1 Å². The molecule has 0 unspecified atom stereocenters. The summed E-state index contributed by atoms with van der Waals surface area (Å²) in [6, 6.07) is 2.07. The lowest BCUT2D eigenvalue weighted by Crippen LogP contribution is -2.17. The lowest BCUT2D eigenvalue weighted by molar-refractivity contribution is 0.586. The molecule has 0 spiro atoms. The second-order valence-electron chi connectivity index (χ2n) is 4.42. The summed E-state index contributed by atoms with van der Waals surface area (Å²) in [4.78, 5) is 4.39. The van der Waals surface area contributed by atoms with Crippen molar-refractivity contribution in [2.45, 2.75) is 33.4 Å². The summed E-state index contributed by atoms with van der Waals surface area (Å²) in [5.74, 6) is 1.07. The molecule has 0 aliphatic heterocycles. The first-order valence-electron chi connectivity index (χ1n) is 6.41. The van der Waals surface area contributed by atoms with Gasteiger partial charge in [0.05, 0.1) is 5.69 Å². The van der Waals surface area contributed by atoms with E-state index in [-0.39, 0.29) is 0 Å². The van der Waals surface area contributed by atoms with Crippen molar-refractivity contribution in [3.05, 3.63) is 35.7 Å². The Labute approximate surface area is 108 Å². The molecule has 1 N–H and O–H groups in total. The van der Waals surface area contributed by atoms with Crippen LogP contribution in [0.2, 0.25) is 0 Å². The molecule has 2 heterocycles. The van der Waals surface area contributed by atoms with Crippen LogP contribution < -0.4 is 5.32 Å².